The molecule has 1 saturated heterocycles. The summed E-state index contributed by atoms with van der Waals surface area (Å²) in [6.45, 7) is 18.4. The van der Waals surface area contributed by atoms with Crippen molar-refractivity contribution in [3.63, 3.8) is 0 Å². The van der Waals surface area contributed by atoms with Gasteiger partial charge in [-0.15, -0.1) is 17.0 Å². The van der Waals surface area contributed by atoms with Gasteiger partial charge in [-0.2, -0.15) is 0 Å². The van der Waals surface area contributed by atoms with E-state index in [2.05, 4.69) is 0 Å². The van der Waals surface area contributed by atoms with Crippen molar-refractivity contribution >= 4 is 46.8 Å². The number of aliphatic carboxylic acids is 2. The molecule has 1 aliphatic heterocycles. The number of esters is 3. The number of carbonyl (C=O) groups is 5. The highest BCUT2D eigenvalue weighted by atomic mass is 79.9. The summed E-state index contributed by atoms with van der Waals surface area (Å²) < 4.78 is 16.6. The van der Waals surface area contributed by atoms with Crippen LogP contribution in [0.2, 0.25) is 0 Å². The van der Waals surface area contributed by atoms with E-state index in [1.807, 2.05) is 14.7 Å². The normalized spacial score (nSPS) is 17.8. The number of hydrogen-bond acceptors (Lipinski definition) is 12. The molecule has 0 saturated carbocycles. The van der Waals surface area contributed by atoms with E-state index >= 15 is 0 Å². The van der Waals surface area contributed by atoms with Gasteiger partial charge in [0.1, 0.15) is 22.8 Å². The zero-order valence-electron chi connectivity index (χ0n) is 29.1. The third-order valence-electron chi connectivity index (χ3n) is 6.55. The Morgan fingerprint density at radius 1 is 0.565 bits per heavy atom. The highest BCUT2D eigenvalue weighted by Crippen LogP contribution is 2.14. The quantitative estimate of drug-likeness (QED) is 0.235. The zero-order chi connectivity index (χ0) is 34.6. The maximum absolute atomic E-state index is 12.8. The number of rotatable bonds is 11. The second-order valence-corrected chi connectivity index (χ2v) is 14.4. The van der Waals surface area contributed by atoms with E-state index in [0.29, 0.717) is 26.2 Å². The Hall–Kier alpha value is -2.33. The van der Waals surface area contributed by atoms with Gasteiger partial charge in [0.05, 0.1) is 19.6 Å². The zero-order valence-corrected chi connectivity index (χ0v) is 30.8. The maximum atomic E-state index is 12.8. The molecule has 14 nitrogen and oxygen atoms in total. The smallest absolute Gasteiger partial charge is 0.320 e. The van der Waals surface area contributed by atoms with Crippen molar-refractivity contribution in [3.8, 4) is 0 Å². The van der Waals surface area contributed by atoms with Crippen LogP contribution in [0.4, 0.5) is 0 Å². The molecule has 0 spiro atoms. The number of ether oxygens (including phenoxy) is 3. The van der Waals surface area contributed by atoms with Gasteiger partial charge < -0.3 is 24.4 Å². The van der Waals surface area contributed by atoms with Gasteiger partial charge in [-0.1, -0.05) is 0 Å². The lowest BCUT2D eigenvalue weighted by Gasteiger charge is -2.36. The lowest BCUT2D eigenvalue weighted by molar-refractivity contribution is -0.158. The minimum Gasteiger partial charge on any atom is -0.481 e. The van der Waals surface area contributed by atoms with Crippen LogP contribution in [0.25, 0.3) is 0 Å². The van der Waals surface area contributed by atoms with Gasteiger partial charge in [-0.25, -0.2) is 0 Å². The van der Waals surface area contributed by atoms with E-state index in [4.69, 9.17) is 14.2 Å². The summed E-state index contributed by atoms with van der Waals surface area (Å²) in [5, 5.41) is 19.3. The Kier molecular flexibility index (Phi) is 18.5. The van der Waals surface area contributed by atoms with Crippen LogP contribution in [-0.4, -0.2) is 154 Å². The topological polar surface area (TPSA) is 166 Å². The Morgan fingerprint density at radius 2 is 0.848 bits per heavy atom. The molecule has 0 aliphatic carbocycles. The van der Waals surface area contributed by atoms with Gasteiger partial charge in [0, 0.05) is 58.8 Å². The summed E-state index contributed by atoms with van der Waals surface area (Å²) in [4.78, 5) is 69.3. The molecule has 1 aliphatic rings. The Labute approximate surface area is 284 Å². The van der Waals surface area contributed by atoms with Gasteiger partial charge in [0.2, 0.25) is 0 Å². The van der Waals surface area contributed by atoms with Crippen LogP contribution < -0.4 is 0 Å². The second-order valence-electron chi connectivity index (χ2n) is 14.4. The van der Waals surface area contributed by atoms with Crippen LogP contribution >= 0.6 is 17.0 Å². The first-order chi connectivity index (χ1) is 20.5. The molecular weight excluding hydrogens is 668 g/mol. The number of carboxylic acid groups (broad SMARTS) is 2. The summed E-state index contributed by atoms with van der Waals surface area (Å²) in [6, 6.07) is -1.08. The number of carboxylic acids is 2. The van der Waals surface area contributed by atoms with Crippen molar-refractivity contribution in [2.75, 3.05) is 72.0 Å². The Bertz CT molecular complexity index is 961. The van der Waals surface area contributed by atoms with Crippen molar-refractivity contribution in [1.29, 1.82) is 0 Å². The van der Waals surface area contributed by atoms with Gasteiger partial charge >= 0.3 is 29.8 Å². The van der Waals surface area contributed by atoms with Gasteiger partial charge in [-0.05, 0) is 68.7 Å². The fourth-order valence-corrected chi connectivity index (χ4v) is 4.73. The van der Waals surface area contributed by atoms with Crippen molar-refractivity contribution in [3.05, 3.63) is 0 Å². The molecule has 0 radical (unpaired) electrons. The largest absolute Gasteiger partial charge is 0.481 e. The molecule has 1 atom stereocenters. The Morgan fingerprint density at radius 3 is 1.09 bits per heavy atom. The third kappa shape index (κ3) is 20.7. The minimum atomic E-state index is -1.15. The van der Waals surface area contributed by atoms with Gasteiger partial charge in [0.15, 0.2) is 0 Å². The number of nitrogens with zero attached hydrogens (tertiary/aromatic N) is 4. The van der Waals surface area contributed by atoms with Crippen molar-refractivity contribution in [2.45, 2.75) is 98.0 Å². The van der Waals surface area contributed by atoms with E-state index in [-0.39, 0.29) is 75.6 Å². The summed E-state index contributed by atoms with van der Waals surface area (Å²) in [6.07, 6.45) is -0.428. The summed E-state index contributed by atoms with van der Waals surface area (Å²) in [5.74, 6) is -3.53. The van der Waals surface area contributed by atoms with Crippen LogP contribution in [0.1, 0.15) is 75.2 Å². The third-order valence-corrected chi connectivity index (χ3v) is 6.55. The molecule has 1 unspecified atom stereocenters. The average molecular weight is 726 g/mol. The predicted octanol–water partition coefficient (Wildman–Crippen LogP) is 2.13. The van der Waals surface area contributed by atoms with E-state index in [0.717, 1.165) is 0 Å². The fraction of sp³-hybridized carbons (Fsp3) is 0.839. The number of carbonyl (C=O) groups excluding carboxylic acids is 3. The second kappa shape index (κ2) is 19.5. The molecule has 15 heteroatoms. The first kappa shape index (κ1) is 43.7. The predicted molar refractivity (Wildman–Crippen MR) is 177 cm³/mol. The Balaban J connectivity index is 0.0000202. The molecule has 0 amide bonds. The highest BCUT2D eigenvalue weighted by molar-refractivity contribution is 8.93. The first-order valence-electron chi connectivity index (χ1n) is 15.5. The van der Waals surface area contributed by atoms with E-state index in [1.165, 1.54) is 0 Å². The standard InChI is InChI=1S/C31H56N4O10.BrH/c1-29(2,3)43-25(38)20-32-12-14-33(21-26(39)44-30(4,5)6)16-18-35(23(28(41)42)10-11-24(36)37)19-17-34(15-13-32)22-27(40)45-31(7,8)9;/h23H,10-22H2,1-9H3,(H,36,37)(H,41,42);1H. The van der Waals surface area contributed by atoms with Crippen molar-refractivity contribution in [2.24, 2.45) is 0 Å². The SMILES string of the molecule is Br.CC(C)(C)OC(=O)CN1CCN(CC(=O)OC(C)(C)C)CCN(C(CCC(=O)O)C(=O)O)CCN(CC(=O)OC(C)(C)C)CC1. The number of hydrogen-bond donors (Lipinski definition) is 2. The number of halogens is 1. The molecule has 0 aromatic rings. The molecule has 1 fully saturated rings. The molecule has 0 aromatic carbocycles. The average Bonchev–Trinajstić information content (AvgIpc) is 2.81. The lowest BCUT2D eigenvalue weighted by atomic mass is 10.1. The molecule has 1 heterocycles. The van der Waals surface area contributed by atoms with Crippen molar-refractivity contribution in [1.82, 2.24) is 19.6 Å². The summed E-state index contributed by atoms with van der Waals surface area (Å²) in [7, 11) is 0. The lowest BCUT2D eigenvalue weighted by Crippen LogP contribution is -2.52. The molecule has 0 aromatic heterocycles. The minimum absolute atomic E-state index is 0. The van der Waals surface area contributed by atoms with Crippen molar-refractivity contribution < 1.29 is 48.4 Å². The molecule has 46 heavy (non-hydrogen) atoms. The van der Waals surface area contributed by atoms with Gasteiger partial charge in [-0.3, -0.25) is 43.6 Å². The van der Waals surface area contributed by atoms with Gasteiger partial charge in [0.25, 0.3) is 0 Å². The molecule has 2 N–H and O–H groups in total. The highest BCUT2D eigenvalue weighted by Gasteiger charge is 2.30. The van der Waals surface area contributed by atoms with Crippen LogP contribution in [0.15, 0.2) is 0 Å². The molecule has 0 bridgehead atoms. The van der Waals surface area contributed by atoms with E-state index in [1.54, 1.807) is 67.2 Å². The maximum Gasteiger partial charge on any atom is 0.320 e. The van der Waals surface area contributed by atoms with Crippen LogP contribution in [-0.2, 0) is 38.2 Å². The molecule has 1 rings (SSSR count). The first-order valence-corrected chi connectivity index (χ1v) is 15.5. The summed E-state index contributed by atoms with van der Waals surface area (Å²) >= 11 is 0. The monoisotopic (exact) mass is 724 g/mol. The van der Waals surface area contributed by atoms with E-state index < -0.39 is 52.7 Å². The van der Waals surface area contributed by atoms with Crippen LogP contribution in [0, 0.1) is 0 Å². The molecular formula is C31H57BrN4O10. The van der Waals surface area contributed by atoms with Crippen LogP contribution in [0.5, 0.6) is 0 Å². The summed E-state index contributed by atoms with van der Waals surface area (Å²) in [5.41, 5.74) is -2.05. The van der Waals surface area contributed by atoms with E-state index in [9.17, 15) is 34.2 Å². The fourth-order valence-electron chi connectivity index (χ4n) is 4.73. The molecule has 268 valence electrons. The van der Waals surface area contributed by atoms with Crippen LogP contribution in [0.3, 0.4) is 0 Å².